The smallest absolute Gasteiger partial charge is 0.341 e. The van der Waals surface area contributed by atoms with Crippen LogP contribution in [-0.2, 0) is 17.1 Å². The van der Waals surface area contributed by atoms with Crippen molar-refractivity contribution in [3.8, 4) is 0 Å². The molecule has 0 amide bonds. The summed E-state index contributed by atoms with van der Waals surface area (Å²) in [5.74, 6) is -0.699. The summed E-state index contributed by atoms with van der Waals surface area (Å²) in [6.07, 6.45) is 5.09. The van der Waals surface area contributed by atoms with E-state index in [1.165, 1.54) is 18.2 Å². The van der Waals surface area contributed by atoms with Gasteiger partial charge in [0.25, 0.3) is 0 Å². The second kappa shape index (κ2) is 5.20. The Labute approximate surface area is 111 Å². The molecule has 0 aromatic carbocycles. The summed E-state index contributed by atoms with van der Waals surface area (Å²) in [4.78, 5) is 11.0. The highest BCUT2D eigenvalue weighted by Gasteiger charge is 2.23. The molecule has 7 nitrogen and oxygen atoms in total. The fourth-order valence-electron chi connectivity index (χ4n) is 2.02. The molecule has 0 saturated heterocycles. The van der Waals surface area contributed by atoms with E-state index in [0.717, 1.165) is 19.0 Å². The zero-order chi connectivity index (χ0) is 14.0. The number of hydrogen-bond donors (Lipinski definition) is 2. The number of carboxylic acids is 1. The zero-order valence-corrected chi connectivity index (χ0v) is 11.5. The number of nitrogens with zero attached hydrogens (tertiary/aromatic N) is 2. The lowest BCUT2D eigenvalue weighted by atomic mass is 9.84. The van der Waals surface area contributed by atoms with E-state index < -0.39 is 16.0 Å². The lowest BCUT2D eigenvalue weighted by Gasteiger charge is -2.24. The van der Waals surface area contributed by atoms with Crippen molar-refractivity contribution in [2.24, 2.45) is 13.0 Å². The van der Waals surface area contributed by atoms with Crippen molar-refractivity contribution in [3.05, 3.63) is 11.8 Å². The minimum atomic E-state index is -3.53. The van der Waals surface area contributed by atoms with Gasteiger partial charge in [-0.3, -0.25) is 9.40 Å². The quantitative estimate of drug-likeness (QED) is 0.814. The number of aromatic carboxylic acids is 1. The monoisotopic (exact) mass is 287 g/mol. The van der Waals surface area contributed by atoms with E-state index >= 15 is 0 Å². The van der Waals surface area contributed by atoms with Gasteiger partial charge in [0.1, 0.15) is 5.56 Å². The van der Waals surface area contributed by atoms with Crippen molar-refractivity contribution in [1.29, 1.82) is 0 Å². The molecule has 106 valence electrons. The van der Waals surface area contributed by atoms with Crippen LogP contribution in [0.5, 0.6) is 0 Å². The molecule has 2 N–H and O–H groups in total. The summed E-state index contributed by atoms with van der Waals surface area (Å²) in [5.41, 5.74) is -0.144. The average Bonchev–Trinajstić information content (AvgIpc) is 2.57. The maximum absolute atomic E-state index is 11.9. The van der Waals surface area contributed by atoms with E-state index in [0.29, 0.717) is 12.3 Å². The molecule has 0 spiro atoms. The van der Waals surface area contributed by atoms with Crippen LogP contribution in [0, 0.1) is 5.92 Å². The van der Waals surface area contributed by atoms with Gasteiger partial charge in [-0.2, -0.15) is 5.10 Å². The van der Waals surface area contributed by atoms with Crippen LogP contribution in [0.4, 0.5) is 5.82 Å². The van der Waals surface area contributed by atoms with Gasteiger partial charge in [-0.25, -0.2) is 13.2 Å². The van der Waals surface area contributed by atoms with E-state index in [1.807, 2.05) is 0 Å². The van der Waals surface area contributed by atoms with Crippen LogP contribution in [-0.4, -0.2) is 35.0 Å². The lowest BCUT2D eigenvalue weighted by Crippen LogP contribution is -2.23. The predicted octanol–water partition coefficient (Wildman–Crippen LogP) is 1.05. The number of carbonyl (C=O) groups is 1. The summed E-state index contributed by atoms with van der Waals surface area (Å²) in [7, 11) is -2.03. The summed E-state index contributed by atoms with van der Waals surface area (Å²) in [6, 6.07) is 0. The molecule has 8 heteroatoms. The molecule has 2 rings (SSSR count). The third-order valence-electron chi connectivity index (χ3n) is 3.44. The van der Waals surface area contributed by atoms with Crippen molar-refractivity contribution >= 4 is 21.8 Å². The van der Waals surface area contributed by atoms with Crippen LogP contribution in [0.1, 0.15) is 36.0 Å². The molecular formula is C11H17N3O4S. The topological polar surface area (TPSA) is 101 Å². The Kier molecular flexibility index (Phi) is 3.79. The summed E-state index contributed by atoms with van der Waals surface area (Å²) in [6.45, 7) is 0. The summed E-state index contributed by atoms with van der Waals surface area (Å²) >= 11 is 0. The molecule has 1 saturated carbocycles. The Balaban J connectivity index is 2.06. The van der Waals surface area contributed by atoms with Gasteiger partial charge in [0.15, 0.2) is 5.82 Å². The summed E-state index contributed by atoms with van der Waals surface area (Å²) in [5, 5.41) is 12.7. The fraction of sp³-hybridized carbons (Fsp3) is 0.636. The average molecular weight is 287 g/mol. The molecule has 1 aromatic heterocycles. The van der Waals surface area contributed by atoms with E-state index in [1.54, 1.807) is 0 Å². The van der Waals surface area contributed by atoms with Gasteiger partial charge in [0, 0.05) is 7.05 Å². The van der Waals surface area contributed by atoms with Crippen molar-refractivity contribution in [3.63, 3.8) is 0 Å². The van der Waals surface area contributed by atoms with Crippen LogP contribution >= 0.6 is 0 Å². The second-order valence-corrected chi connectivity index (χ2v) is 6.68. The van der Waals surface area contributed by atoms with Crippen LogP contribution in [0.25, 0.3) is 0 Å². The number of rotatable bonds is 6. The van der Waals surface area contributed by atoms with Gasteiger partial charge in [-0.15, -0.1) is 0 Å². The number of nitrogens with one attached hydrogen (secondary N) is 1. The normalized spacial score (nSPS) is 16.1. The molecule has 1 heterocycles. The van der Waals surface area contributed by atoms with Gasteiger partial charge in [0.2, 0.25) is 10.0 Å². The Morgan fingerprint density at radius 1 is 1.58 bits per heavy atom. The lowest BCUT2D eigenvalue weighted by molar-refractivity contribution is 0.0698. The molecule has 1 aliphatic carbocycles. The SMILES string of the molecule is Cn1ncc(C(=O)O)c1NS(=O)(=O)CCC1CCC1. The largest absolute Gasteiger partial charge is 0.477 e. The van der Waals surface area contributed by atoms with E-state index in [2.05, 4.69) is 9.82 Å². The fourth-order valence-corrected chi connectivity index (χ4v) is 3.30. The molecule has 1 aliphatic rings. The number of hydrogen-bond acceptors (Lipinski definition) is 4. The first kappa shape index (κ1) is 13.9. The minimum Gasteiger partial charge on any atom is -0.477 e. The van der Waals surface area contributed by atoms with Gasteiger partial charge in [0.05, 0.1) is 11.9 Å². The number of aryl methyl sites for hydroxylation is 1. The van der Waals surface area contributed by atoms with E-state index in [9.17, 15) is 13.2 Å². The molecule has 19 heavy (non-hydrogen) atoms. The molecule has 0 bridgehead atoms. The number of aromatic nitrogens is 2. The first-order valence-corrected chi connectivity index (χ1v) is 7.80. The van der Waals surface area contributed by atoms with Crippen molar-refractivity contribution in [2.45, 2.75) is 25.7 Å². The Hall–Kier alpha value is -1.57. The number of sulfonamides is 1. The third kappa shape index (κ3) is 3.25. The van der Waals surface area contributed by atoms with Gasteiger partial charge < -0.3 is 5.11 Å². The van der Waals surface area contributed by atoms with Crippen molar-refractivity contribution in [1.82, 2.24) is 9.78 Å². The third-order valence-corrected chi connectivity index (χ3v) is 4.72. The molecule has 0 unspecified atom stereocenters. The van der Waals surface area contributed by atoms with Crippen LogP contribution in [0.3, 0.4) is 0 Å². The molecule has 1 aromatic rings. The Bertz CT molecular complexity index is 575. The standard InChI is InChI=1S/C11H17N3O4S/c1-14-10(9(7-12-14)11(15)16)13-19(17,18)6-5-8-3-2-4-8/h7-8,13H,2-6H2,1H3,(H,15,16). The minimum absolute atomic E-state index is 0.00103. The molecular weight excluding hydrogens is 270 g/mol. The van der Waals surface area contributed by atoms with E-state index in [4.69, 9.17) is 5.11 Å². The van der Waals surface area contributed by atoms with Crippen molar-refractivity contribution < 1.29 is 18.3 Å². The van der Waals surface area contributed by atoms with Crippen LogP contribution in [0.2, 0.25) is 0 Å². The first-order valence-electron chi connectivity index (χ1n) is 6.15. The molecule has 1 fully saturated rings. The zero-order valence-electron chi connectivity index (χ0n) is 10.7. The molecule has 0 atom stereocenters. The number of carboxylic acid groups (broad SMARTS) is 1. The van der Waals surface area contributed by atoms with Crippen molar-refractivity contribution in [2.75, 3.05) is 10.5 Å². The number of anilines is 1. The second-order valence-electron chi connectivity index (χ2n) is 4.84. The van der Waals surface area contributed by atoms with Gasteiger partial charge in [-0.05, 0) is 12.3 Å². The maximum Gasteiger partial charge on any atom is 0.341 e. The Morgan fingerprint density at radius 2 is 2.26 bits per heavy atom. The highest BCUT2D eigenvalue weighted by Crippen LogP contribution is 2.29. The van der Waals surface area contributed by atoms with Gasteiger partial charge in [-0.1, -0.05) is 19.3 Å². The molecule has 0 aliphatic heterocycles. The maximum atomic E-state index is 11.9. The first-order chi connectivity index (χ1) is 8.89. The molecule has 0 radical (unpaired) electrons. The van der Waals surface area contributed by atoms with Gasteiger partial charge >= 0.3 is 5.97 Å². The summed E-state index contributed by atoms with van der Waals surface area (Å²) < 4.78 is 27.4. The predicted molar refractivity (Wildman–Crippen MR) is 69.5 cm³/mol. The highest BCUT2D eigenvalue weighted by molar-refractivity contribution is 7.92. The van der Waals surface area contributed by atoms with Crippen LogP contribution < -0.4 is 4.72 Å². The van der Waals surface area contributed by atoms with Crippen LogP contribution in [0.15, 0.2) is 6.20 Å². The Morgan fingerprint density at radius 3 is 2.79 bits per heavy atom. The van der Waals surface area contributed by atoms with E-state index in [-0.39, 0.29) is 17.1 Å². The highest BCUT2D eigenvalue weighted by atomic mass is 32.2.